The van der Waals surface area contributed by atoms with E-state index in [0.717, 1.165) is 0 Å². The Morgan fingerprint density at radius 1 is 0.870 bits per heavy atom. The number of rotatable bonds is 5. The van der Waals surface area contributed by atoms with E-state index in [9.17, 15) is 9.59 Å². The fourth-order valence-electron chi connectivity index (χ4n) is 1.84. The molecule has 23 heavy (non-hydrogen) atoms. The summed E-state index contributed by atoms with van der Waals surface area (Å²) in [5, 5.41) is 7.78. The van der Waals surface area contributed by atoms with Crippen LogP contribution in [0.15, 0.2) is 58.9 Å². The van der Waals surface area contributed by atoms with Crippen LogP contribution in [-0.4, -0.2) is 26.2 Å². The third-order valence-corrected chi connectivity index (χ3v) is 2.97. The lowest BCUT2D eigenvalue weighted by atomic mass is 10.2. The molecule has 0 bridgehead atoms. The quantitative estimate of drug-likeness (QED) is 0.519. The van der Waals surface area contributed by atoms with Crippen molar-refractivity contribution in [2.24, 2.45) is 10.3 Å². The Morgan fingerprint density at radius 3 is 2.13 bits per heavy atom. The predicted octanol–water partition coefficient (Wildman–Crippen LogP) is 3.37. The van der Waals surface area contributed by atoms with Gasteiger partial charge in [0.2, 0.25) is 0 Å². The average molecular weight is 313 g/mol. The smallest absolute Gasteiger partial charge is 0.340 e. The second kappa shape index (κ2) is 7.69. The summed E-state index contributed by atoms with van der Waals surface area (Å²) in [4.78, 5) is 23.3. The zero-order valence-electron chi connectivity index (χ0n) is 12.6. The molecule has 1 N–H and O–H groups in total. The first-order valence-corrected chi connectivity index (χ1v) is 6.68. The molecule has 0 aromatic heterocycles. The van der Waals surface area contributed by atoms with Crippen LogP contribution >= 0.6 is 0 Å². The summed E-state index contributed by atoms with van der Waals surface area (Å²) in [6.07, 6.45) is 0. The Balaban J connectivity index is 2.21. The van der Waals surface area contributed by atoms with Crippen molar-refractivity contribution < 1.29 is 19.1 Å². The summed E-state index contributed by atoms with van der Waals surface area (Å²) in [6, 6.07) is 13.4. The molecular formula is C16H15N3O4. The van der Waals surface area contributed by atoms with Gasteiger partial charge in [-0.15, -0.1) is 5.11 Å². The number of anilines is 1. The van der Waals surface area contributed by atoms with Crippen molar-refractivity contribution in [3.8, 4) is 0 Å². The van der Waals surface area contributed by atoms with Crippen molar-refractivity contribution in [2.45, 2.75) is 0 Å². The summed E-state index contributed by atoms with van der Waals surface area (Å²) in [5.74, 6) is -0.993. The van der Waals surface area contributed by atoms with Gasteiger partial charge in [0.1, 0.15) is 5.69 Å². The molecule has 2 aromatic carbocycles. The molecule has 0 amide bonds. The molecule has 0 heterocycles. The van der Waals surface area contributed by atoms with E-state index in [2.05, 4.69) is 20.5 Å². The highest BCUT2D eigenvalue weighted by molar-refractivity contribution is 5.95. The number of hydrogen-bond acceptors (Lipinski definition) is 6. The van der Waals surface area contributed by atoms with E-state index in [0.29, 0.717) is 22.5 Å². The number of hydrogen-bond donors (Lipinski definition) is 1. The number of nitrogens with zero attached hydrogens (tertiary/aromatic N) is 2. The van der Waals surface area contributed by atoms with Gasteiger partial charge in [0.15, 0.2) is 0 Å². The van der Waals surface area contributed by atoms with Crippen molar-refractivity contribution in [2.75, 3.05) is 19.6 Å². The Bertz CT molecular complexity index is 744. The predicted molar refractivity (Wildman–Crippen MR) is 83.7 cm³/mol. The normalized spacial score (nSPS) is 10.3. The number of para-hydroxylation sites is 1. The molecule has 7 nitrogen and oxygen atoms in total. The fourth-order valence-corrected chi connectivity index (χ4v) is 1.84. The van der Waals surface area contributed by atoms with E-state index in [1.54, 1.807) is 48.5 Å². The number of nitrogens with one attached hydrogen (secondary N) is 1. The molecule has 0 aliphatic heterocycles. The lowest BCUT2D eigenvalue weighted by Gasteiger charge is -2.06. The molecule has 0 saturated heterocycles. The fraction of sp³-hybridized carbons (Fsp3) is 0.125. The number of carbonyl (C=O) groups is 2. The minimum absolute atomic E-state index is 0.293. The van der Waals surface area contributed by atoms with Crippen LogP contribution in [0.25, 0.3) is 0 Å². The van der Waals surface area contributed by atoms with Crippen LogP contribution in [0.3, 0.4) is 0 Å². The van der Waals surface area contributed by atoms with E-state index < -0.39 is 11.9 Å². The van der Waals surface area contributed by atoms with Gasteiger partial charge in [0.05, 0.1) is 31.0 Å². The van der Waals surface area contributed by atoms with Crippen molar-refractivity contribution in [1.29, 1.82) is 0 Å². The molecule has 0 aliphatic rings. The van der Waals surface area contributed by atoms with E-state index in [1.807, 2.05) is 0 Å². The molecule has 0 fully saturated rings. The van der Waals surface area contributed by atoms with Crippen LogP contribution in [-0.2, 0) is 9.47 Å². The highest BCUT2D eigenvalue weighted by Crippen LogP contribution is 2.21. The monoisotopic (exact) mass is 313 g/mol. The number of ether oxygens (including phenoxy) is 2. The van der Waals surface area contributed by atoms with Crippen molar-refractivity contribution >= 4 is 23.3 Å². The molecule has 0 spiro atoms. The van der Waals surface area contributed by atoms with Crippen LogP contribution in [0, 0.1) is 0 Å². The highest BCUT2D eigenvalue weighted by Gasteiger charge is 2.12. The zero-order chi connectivity index (χ0) is 16.7. The largest absolute Gasteiger partial charge is 0.465 e. The maximum atomic E-state index is 11.7. The van der Waals surface area contributed by atoms with Crippen LogP contribution < -0.4 is 5.43 Å². The van der Waals surface area contributed by atoms with Gasteiger partial charge in [-0.3, -0.25) is 5.43 Å². The van der Waals surface area contributed by atoms with Gasteiger partial charge >= 0.3 is 11.9 Å². The van der Waals surface area contributed by atoms with Crippen molar-refractivity contribution in [3.05, 3.63) is 59.7 Å². The SMILES string of the molecule is COC(=O)c1ccccc1N=NNc1ccccc1C(=O)OC. The Labute approximate surface area is 132 Å². The minimum atomic E-state index is -0.505. The molecule has 2 rings (SSSR count). The van der Waals surface area contributed by atoms with Crippen LogP contribution in [0.1, 0.15) is 20.7 Å². The molecule has 7 heteroatoms. The van der Waals surface area contributed by atoms with Crippen LogP contribution in [0.5, 0.6) is 0 Å². The van der Waals surface area contributed by atoms with E-state index in [4.69, 9.17) is 4.74 Å². The summed E-state index contributed by atoms with van der Waals surface area (Å²) >= 11 is 0. The molecular weight excluding hydrogens is 298 g/mol. The van der Waals surface area contributed by atoms with Gasteiger partial charge in [0.25, 0.3) is 0 Å². The zero-order valence-corrected chi connectivity index (χ0v) is 12.6. The number of benzene rings is 2. The standard InChI is InChI=1S/C16H15N3O4/c1-22-15(20)11-7-3-5-9-13(11)17-19-18-14-10-6-4-8-12(14)16(21)23-2/h3-10H,1-2H3,(H,17,18). The lowest BCUT2D eigenvalue weighted by Crippen LogP contribution is -2.04. The summed E-state index contributed by atoms with van der Waals surface area (Å²) < 4.78 is 9.38. The van der Waals surface area contributed by atoms with Gasteiger partial charge in [-0.1, -0.05) is 29.5 Å². The molecule has 0 atom stereocenters. The van der Waals surface area contributed by atoms with Gasteiger partial charge in [-0.2, -0.15) is 0 Å². The third kappa shape index (κ3) is 3.91. The third-order valence-electron chi connectivity index (χ3n) is 2.97. The van der Waals surface area contributed by atoms with Gasteiger partial charge in [0, 0.05) is 0 Å². The second-order valence-corrected chi connectivity index (χ2v) is 4.36. The molecule has 0 unspecified atom stereocenters. The first-order chi connectivity index (χ1) is 11.2. The summed E-state index contributed by atoms with van der Waals surface area (Å²) in [7, 11) is 2.59. The first-order valence-electron chi connectivity index (χ1n) is 6.68. The molecule has 2 aromatic rings. The van der Waals surface area contributed by atoms with Gasteiger partial charge < -0.3 is 9.47 Å². The van der Waals surface area contributed by atoms with E-state index in [1.165, 1.54) is 14.2 Å². The Morgan fingerprint density at radius 2 is 1.43 bits per heavy atom. The van der Waals surface area contributed by atoms with Crippen LogP contribution in [0.2, 0.25) is 0 Å². The maximum Gasteiger partial charge on any atom is 0.340 e. The second-order valence-electron chi connectivity index (χ2n) is 4.36. The van der Waals surface area contributed by atoms with Gasteiger partial charge in [-0.25, -0.2) is 9.59 Å². The average Bonchev–Trinajstić information content (AvgIpc) is 2.61. The van der Waals surface area contributed by atoms with E-state index >= 15 is 0 Å². The molecule has 0 aliphatic carbocycles. The molecule has 0 saturated carbocycles. The Kier molecular flexibility index (Phi) is 5.40. The van der Waals surface area contributed by atoms with Crippen molar-refractivity contribution in [3.63, 3.8) is 0 Å². The molecule has 0 radical (unpaired) electrons. The first kappa shape index (κ1) is 16.2. The topological polar surface area (TPSA) is 89.4 Å². The number of methoxy groups -OCH3 is 2. The van der Waals surface area contributed by atoms with E-state index in [-0.39, 0.29) is 0 Å². The number of carbonyl (C=O) groups excluding carboxylic acids is 2. The lowest BCUT2D eigenvalue weighted by molar-refractivity contribution is 0.0593. The Hall–Kier alpha value is -3.22. The minimum Gasteiger partial charge on any atom is -0.465 e. The summed E-state index contributed by atoms with van der Waals surface area (Å²) in [6.45, 7) is 0. The van der Waals surface area contributed by atoms with Crippen molar-refractivity contribution in [1.82, 2.24) is 0 Å². The highest BCUT2D eigenvalue weighted by atomic mass is 16.5. The molecule has 118 valence electrons. The van der Waals surface area contributed by atoms with Crippen LogP contribution in [0.4, 0.5) is 11.4 Å². The summed E-state index contributed by atoms with van der Waals surface area (Å²) in [5.41, 5.74) is 4.08. The van der Waals surface area contributed by atoms with Gasteiger partial charge in [-0.05, 0) is 24.3 Å². The maximum absolute atomic E-state index is 11.7. The number of esters is 2.